The number of rotatable bonds is 8. The zero-order chi connectivity index (χ0) is 21.3. The van der Waals surface area contributed by atoms with Crippen LogP contribution in [0.3, 0.4) is 0 Å². The Morgan fingerprint density at radius 2 is 1.40 bits per heavy atom. The van der Waals surface area contributed by atoms with Crippen molar-refractivity contribution in [3.63, 3.8) is 0 Å². The molecule has 0 fully saturated rings. The summed E-state index contributed by atoms with van der Waals surface area (Å²) in [5, 5.41) is 2.94. The third-order valence-electron chi connectivity index (χ3n) is 4.77. The summed E-state index contributed by atoms with van der Waals surface area (Å²) in [5.41, 5.74) is 4.11. The molecule has 3 aromatic rings. The molecule has 0 aliphatic heterocycles. The van der Waals surface area contributed by atoms with Crippen LogP contribution in [0.4, 0.5) is 0 Å². The summed E-state index contributed by atoms with van der Waals surface area (Å²) >= 11 is 0. The van der Waals surface area contributed by atoms with Crippen molar-refractivity contribution in [1.82, 2.24) is 5.32 Å². The summed E-state index contributed by atoms with van der Waals surface area (Å²) in [6.07, 6.45) is 0. The van der Waals surface area contributed by atoms with Gasteiger partial charge in [-0.15, -0.1) is 0 Å². The molecule has 5 nitrogen and oxygen atoms in total. The predicted molar refractivity (Wildman–Crippen MR) is 115 cm³/mol. The highest BCUT2D eigenvalue weighted by molar-refractivity contribution is 5.81. The van der Waals surface area contributed by atoms with E-state index in [1.807, 2.05) is 86.6 Å². The van der Waals surface area contributed by atoms with Crippen molar-refractivity contribution in [2.24, 2.45) is 0 Å². The molecule has 0 aliphatic carbocycles. The highest BCUT2D eigenvalue weighted by Crippen LogP contribution is 2.21. The minimum Gasteiger partial charge on any atom is -0.482 e. The summed E-state index contributed by atoms with van der Waals surface area (Å²) in [7, 11) is 0. The molecular formula is C25H25NO4. The molecule has 154 valence electrons. The zero-order valence-electron chi connectivity index (χ0n) is 17.1. The van der Waals surface area contributed by atoms with E-state index in [0.29, 0.717) is 5.75 Å². The van der Waals surface area contributed by atoms with Crippen molar-refractivity contribution in [3.8, 4) is 5.75 Å². The third kappa shape index (κ3) is 5.95. The summed E-state index contributed by atoms with van der Waals surface area (Å²) in [6.45, 7) is 3.35. The predicted octanol–water partition coefficient (Wildman–Crippen LogP) is 4.13. The quantitative estimate of drug-likeness (QED) is 0.575. The van der Waals surface area contributed by atoms with Gasteiger partial charge in [0.1, 0.15) is 5.75 Å². The molecule has 0 heterocycles. The minimum atomic E-state index is -0.598. The van der Waals surface area contributed by atoms with Crippen LogP contribution in [-0.2, 0) is 14.3 Å². The van der Waals surface area contributed by atoms with Crippen molar-refractivity contribution < 1.29 is 19.1 Å². The highest BCUT2D eigenvalue weighted by Gasteiger charge is 2.17. The van der Waals surface area contributed by atoms with Crippen LogP contribution in [0.25, 0.3) is 0 Å². The van der Waals surface area contributed by atoms with E-state index >= 15 is 0 Å². The molecule has 3 aromatic carbocycles. The summed E-state index contributed by atoms with van der Waals surface area (Å²) in [5.74, 6) is -0.390. The van der Waals surface area contributed by atoms with Crippen LogP contribution in [0.5, 0.6) is 5.75 Å². The van der Waals surface area contributed by atoms with E-state index < -0.39 is 5.97 Å². The summed E-state index contributed by atoms with van der Waals surface area (Å²) < 4.78 is 10.5. The van der Waals surface area contributed by atoms with Gasteiger partial charge in [0.15, 0.2) is 13.2 Å². The van der Waals surface area contributed by atoms with E-state index in [0.717, 1.165) is 22.3 Å². The molecule has 0 saturated heterocycles. The number of ether oxygens (including phenoxy) is 2. The largest absolute Gasteiger partial charge is 0.482 e. The molecular weight excluding hydrogens is 378 g/mol. The molecule has 0 spiro atoms. The molecule has 0 aromatic heterocycles. The Bertz CT molecular complexity index is 947. The monoisotopic (exact) mass is 403 g/mol. The number of nitrogens with one attached hydrogen (secondary N) is 1. The van der Waals surface area contributed by atoms with Crippen molar-refractivity contribution in [2.45, 2.75) is 19.9 Å². The Morgan fingerprint density at radius 3 is 1.97 bits per heavy atom. The number of hydrogen-bond donors (Lipinski definition) is 1. The van der Waals surface area contributed by atoms with E-state index in [1.165, 1.54) is 0 Å². The molecule has 0 unspecified atom stereocenters. The van der Waals surface area contributed by atoms with E-state index in [1.54, 1.807) is 6.07 Å². The number of hydrogen-bond acceptors (Lipinski definition) is 4. The van der Waals surface area contributed by atoms with Gasteiger partial charge in [0.25, 0.3) is 5.91 Å². The maximum atomic E-state index is 12.4. The van der Waals surface area contributed by atoms with Crippen LogP contribution in [-0.4, -0.2) is 25.1 Å². The Morgan fingerprint density at radius 1 is 0.800 bits per heavy atom. The van der Waals surface area contributed by atoms with Gasteiger partial charge in [0, 0.05) is 0 Å². The lowest BCUT2D eigenvalue weighted by molar-refractivity contribution is -0.150. The average Bonchev–Trinajstić information content (AvgIpc) is 2.78. The second-order valence-electron chi connectivity index (χ2n) is 7.02. The molecule has 5 heteroatoms. The number of benzene rings is 3. The minimum absolute atomic E-state index is 0.253. The first-order valence-electron chi connectivity index (χ1n) is 9.78. The topological polar surface area (TPSA) is 64.6 Å². The SMILES string of the molecule is Cc1ccc(OCC(=O)OCC(=O)NC(c2ccccc2)c2ccccc2)cc1C. The van der Waals surface area contributed by atoms with Gasteiger partial charge in [-0.3, -0.25) is 4.79 Å². The fourth-order valence-corrected chi connectivity index (χ4v) is 2.99. The van der Waals surface area contributed by atoms with Gasteiger partial charge in [-0.05, 0) is 48.2 Å². The van der Waals surface area contributed by atoms with Crippen LogP contribution in [0.2, 0.25) is 0 Å². The Labute approximate surface area is 176 Å². The average molecular weight is 403 g/mol. The van der Waals surface area contributed by atoms with Gasteiger partial charge < -0.3 is 14.8 Å². The van der Waals surface area contributed by atoms with Crippen molar-refractivity contribution in [3.05, 3.63) is 101 Å². The first-order chi connectivity index (χ1) is 14.5. The summed E-state index contributed by atoms with van der Waals surface area (Å²) in [6, 6.07) is 24.6. The first kappa shape index (κ1) is 21.1. The number of esters is 1. The number of amides is 1. The van der Waals surface area contributed by atoms with Crippen molar-refractivity contribution >= 4 is 11.9 Å². The van der Waals surface area contributed by atoms with Gasteiger partial charge in [-0.2, -0.15) is 0 Å². The fourth-order valence-electron chi connectivity index (χ4n) is 2.99. The Balaban J connectivity index is 1.54. The lowest BCUT2D eigenvalue weighted by Crippen LogP contribution is -2.33. The second kappa shape index (κ2) is 10.3. The standard InChI is InChI=1S/C25H25NO4/c1-18-13-14-22(15-19(18)2)29-17-24(28)30-16-23(27)26-25(20-9-5-3-6-10-20)21-11-7-4-8-12-21/h3-15,25H,16-17H2,1-2H3,(H,26,27). The molecule has 0 bridgehead atoms. The van der Waals surface area contributed by atoms with Gasteiger partial charge in [-0.1, -0.05) is 66.7 Å². The van der Waals surface area contributed by atoms with Crippen LogP contribution >= 0.6 is 0 Å². The van der Waals surface area contributed by atoms with Crippen LogP contribution in [0, 0.1) is 13.8 Å². The number of carbonyl (C=O) groups is 2. The van der Waals surface area contributed by atoms with Gasteiger partial charge >= 0.3 is 5.97 Å². The number of carbonyl (C=O) groups excluding carboxylic acids is 2. The molecule has 0 aliphatic rings. The molecule has 1 amide bonds. The smallest absolute Gasteiger partial charge is 0.344 e. The van der Waals surface area contributed by atoms with Crippen molar-refractivity contribution in [2.75, 3.05) is 13.2 Å². The molecule has 0 atom stereocenters. The Hall–Kier alpha value is -3.60. The van der Waals surface area contributed by atoms with Crippen LogP contribution in [0.1, 0.15) is 28.3 Å². The molecule has 0 radical (unpaired) electrons. The lowest BCUT2D eigenvalue weighted by Gasteiger charge is -2.20. The third-order valence-corrected chi connectivity index (χ3v) is 4.77. The van der Waals surface area contributed by atoms with E-state index in [9.17, 15) is 9.59 Å². The normalized spacial score (nSPS) is 10.5. The Kier molecular flexibility index (Phi) is 7.22. The second-order valence-corrected chi connectivity index (χ2v) is 7.02. The molecule has 1 N–H and O–H groups in total. The molecule has 0 saturated carbocycles. The maximum Gasteiger partial charge on any atom is 0.344 e. The van der Waals surface area contributed by atoms with E-state index in [-0.39, 0.29) is 25.2 Å². The van der Waals surface area contributed by atoms with Crippen LogP contribution < -0.4 is 10.1 Å². The van der Waals surface area contributed by atoms with Gasteiger partial charge in [0.2, 0.25) is 0 Å². The molecule has 3 rings (SSSR count). The highest BCUT2D eigenvalue weighted by atomic mass is 16.6. The van der Waals surface area contributed by atoms with Gasteiger partial charge in [0.05, 0.1) is 6.04 Å². The fraction of sp³-hybridized carbons (Fsp3) is 0.200. The van der Waals surface area contributed by atoms with Crippen LogP contribution in [0.15, 0.2) is 78.9 Å². The first-order valence-corrected chi connectivity index (χ1v) is 9.78. The van der Waals surface area contributed by atoms with E-state index in [4.69, 9.17) is 9.47 Å². The van der Waals surface area contributed by atoms with E-state index in [2.05, 4.69) is 5.32 Å². The van der Waals surface area contributed by atoms with Crippen molar-refractivity contribution in [1.29, 1.82) is 0 Å². The van der Waals surface area contributed by atoms with Gasteiger partial charge in [-0.25, -0.2) is 4.79 Å². The molecule has 30 heavy (non-hydrogen) atoms. The lowest BCUT2D eigenvalue weighted by atomic mass is 9.99. The number of aryl methyl sites for hydroxylation is 2. The maximum absolute atomic E-state index is 12.4. The zero-order valence-corrected chi connectivity index (χ0v) is 17.1. The summed E-state index contributed by atoms with van der Waals surface area (Å²) in [4.78, 5) is 24.4.